The molecule has 0 spiro atoms. The minimum absolute atomic E-state index is 0.272. The molecule has 20 heavy (non-hydrogen) atoms. The number of nitrogens with zero attached hydrogens (tertiary/aromatic N) is 2. The molecule has 0 radical (unpaired) electrons. The molecule has 0 atom stereocenters. The predicted molar refractivity (Wildman–Crippen MR) is 81.7 cm³/mol. The molecular weight excluding hydrogens is 321 g/mol. The van der Waals surface area contributed by atoms with Crippen molar-refractivity contribution in [3.8, 4) is 0 Å². The number of anilines is 2. The van der Waals surface area contributed by atoms with Crippen molar-refractivity contribution >= 4 is 27.6 Å². The predicted octanol–water partition coefficient (Wildman–Crippen LogP) is 5.03. The highest BCUT2D eigenvalue weighted by molar-refractivity contribution is 9.10. The highest BCUT2D eigenvalue weighted by atomic mass is 79.9. The van der Waals surface area contributed by atoms with Crippen LogP contribution in [0.3, 0.4) is 0 Å². The lowest BCUT2D eigenvalue weighted by molar-refractivity contribution is 0.356. The molecule has 1 saturated carbocycles. The normalized spacial score (nSPS) is 16.3. The summed E-state index contributed by atoms with van der Waals surface area (Å²) >= 11 is 3.36. The molecule has 3 rings (SSSR count). The van der Waals surface area contributed by atoms with Gasteiger partial charge in [0.05, 0.1) is 5.69 Å². The Kier molecular flexibility index (Phi) is 4.05. The van der Waals surface area contributed by atoms with E-state index in [1.165, 1.54) is 38.2 Å². The Morgan fingerprint density at radius 2 is 2.05 bits per heavy atom. The first-order valence-electron chi connectivity index (χ1n) is 6.99. The van der Waals surface area contributed by atoms with E-state index >= 15 is 0 Å². The van der Waals surface area contributed by atoms with E-state index in [2.05, 4.69) is 30.8 Å². The molecule has 106 valence electrons. The second-order valence-electron chi connectivity index (χ2n) is 5.20. The molecule has 0 aliphatic heterocycles. The Bertz CT molecular complexity index is 591. The van der Waals surface area contributed by atoms with E-state index in [9.17, 15) is 4.39 Å². The van der Waals surface area contributed by atoms with Crippen LogP contribution in [0.2, 0.25) is 0 Å². The van der Waals surface area contributed by atoms with Crippen molar-refractivity contribution < 1.29 is 4.39 Å². The fourth-order valence-electron chi connectivity index (χ4n) is 2.78. The van der Waals surface area contributed by atoms with Crippen LogP contribution in [0.5, 0.6) is 0 Å². The number of aromatic nitrogens is 2. The standard InChI is InChI=1S/C15H17BrFN3/c16-11-6-7-13(17)14(10-11)19-15-18-8-9-20(15)12-4-2-1-3-5-12/h6-10,12H,1-5H2,(H,18,19). The largest absolute Gasteiger partial charge is 0.323 e. The van der Waals surface area contributed by atoms with Crippen LogP contribution in [0.25, 0.3) is 0 Å². The van der Waals surface area contributed by atoms with E-state index < -0.39 is 0 Å². The molecule has 0 unspecified atom stereocenters. The van der Waals surface area contributed by atoms with E-state index in [0.717, 1.165) is 4.47 Å². The quantitative estimate of drug-likeness (QED) is 0.850. The summed E-state index contributed by atoms with van der Waals surface area (Å²) in [6.07, 6.45) is 9.92. The maximum absolute atomic E-state index is 13.8. The summed E-state index contributed by atoms with van der Waals surface area (Å²) in [5.41, 5.74) is 0.447. The van der Waals surface area contributed by atoms with Crippen molar-refractivity contribution in [1.82, 2.24) is 9.55 Å². The molecule has 1 aromatic carbocycles. The number of rotatable bonds is 3. The number of benzene rings is 1. The number of imidazole rings is 1. The first-order valence-corrected chi connectivity index (χ1v) is 7.78. The molecule has 0 amide bonds. The van der Waals surface area contributed by atoms with Gasteiger partial charge in [0.2, 0.25) is 5.95 Å². The lowest BCUT2D eigenvalue weighted by Crippen LogP contribution is -2.14. The van der Waals surface area contributed by atoms with Crippen molar-refractivity contribution in [2.24, 2.45) is 0 Å². The van der Waals surface area contributed by atoms with Crippen LogP contribution in [0.4, 0.5) is 16.0 Å². The van der Waals surface area contributed by atoms with Gasteiger partial charge in [-0.3, -0.25) is 0 Å². The highest BCUT2D eigenvalue weighted by Crippen LogP contribution is 2.31. The summed E-state index contributed by atoms with van der Waals surface area (Å²) in [7, 11) is 0. The number of hydrogen-bond acceptors (Lipinski definition) is 2. The molecule has 1 heterocycles. The second-order valence-corrected chi connectivity index (χ2v) is 6.11. The first-order chi connectivity index (χ1) is 9.74. The van der Waals surface area contributed by atoms with Gasteiger partial charge in [-0.15, -0.1) is 0 Å². The Labute approximate surface area is 126 Å². The number of hydrogen-bond donors (Lipinski definition) is 1. The zero-order valence-electron chi connectivity index (χ0n) is 11.1. The van der Waals surface area contributed by atoms with Crippen molar-refractivity contribution in [2.75, 3.05) is 5.32 Å². The van der Waals surface area contributed by atoms with Gasteiger partial charge in [0.15, 0.2) is 0 Å². The monoisotopic (exact) mass is 337 g/mol. The SMILES string of the molecule is Fc1ccc(Br)cc1Nc1nccn1C1CCCCC1. The lowest BCUT2D eigenvalue weighted by Gasteiger charge is -2.24. The molecule has 1 N–H and O–H groups in total. The Hall–Kier alpha value is -1.36. The Balaban J connectivity index is 1.84. The third-order valence-electron chi connectivity index (χ3n) is 3.81. The summed E-state index contributed by atoms with van der Waals surface area (Å²) < 4.78 is 16.8. The third kappa shape index (κ3) is 2.87. The summed E-state index contributed by atoms with van der Waals surface area (Å²) in [6.45, 7) is 0. The van der Waals surface area contributed by atoms with Gasteiger partial charge in [0, 0.05) is 22.9 Å². The maximum atomic E-state index is 13.8. The molecule has 1 aliphatic rings. The first kappa shape index (κ1) is 13.6. The fourth-order valence-corrected chi connectivity index (χ4v) is 3.14. The van der Waals surface area contributed by atoms with E-state index in [1.807, 2.05) is 6.20 Å². The van der Waals surface area contributed by atoms with Crippen LogP contribution in [-0.4, -0.2) is 9.55 Å². The highest BCUT2D eigenvalue weighted by Gasteiger charge is 2.18. The molecule has 2 aromatic rings. The van der Waals surface area contributed by atoms with Gasteiger partial charge in [-0.25, -0.2) is 9.37 Å². The average Bonchev–Trinajstić information content (AvgIpc) is 2.92. The topological polar surface area (TPSA) is 29.9 Å². The number of halogens is 2. The van der Waals surface area contributed by atoms with E-state index in [-0.39, 0.29) is 5.82 Å². The zero-order chi connectivity index (χ0) is 13.9. The second kappa shape index (κ2) is 5.95. The van der Waals surface area contributed by atoms with Crippen molar-refractivity contribution in [3.05, 3.63) is 40.9 Å². The van der Waals surface area contributed by atoms with E-state index in [0.29, 0.717) is 17.7 Å². The van der Waals surface area contributed by atoms with Crippen LogP contribution < -0.4 is 5.32 Å². The van der Waals surface area contributed by atoms with Crippen molar-refractivity contribution in [2.45, 2.75) is 38.1 Å². The van der Waals surface area contributed by atoms with Gasteiger partial charge in [0.25, 0.3) is 0 Å². The van der Waals surface area contributed by atoms with Crippen LogP contribution >= 0.6 is 15.9 Å². The van der Waals surface area contributed by atoms with Crippen molar-refractivity contribution in [3.63, 3.8) is 0 Å². The molecule has 0 saturated heterocycles. The van der Waals surface area contributed by atoms with Crippen LogP contribution in [0, 0.1) is 5.82 Å². The molecule has 1 aromatic heterocycles. The van der Waals surface area contributed by atoms with Crippen LogP contribution in [0.1, 0.15) is 38.1 Å². The Morgan fingerprint density at radius 3 is 2.85 bits per heavy atom. The molecule has 3 nitrogen and oxygen atoms in total. The molecule has 1 fully saturated rings. The van der Waals surface area contributed by atoms with Gasteiger partial charge in [-0.05, 0) is 31.0 Å². The summed E-state index contributed by atoms with van der Waals surface area (Å²) in [4.78, 5) is 4.33. The van der Waals surface area contributed by atoms with Gasteiger partial charge >= 0.3 is 0 Å². The maximum Gasteiger partial charge on any atom is 0.207 e. The van der Waals surface area contributed by atoms with E-state index in [4.69, 9.17) is 0 Å². The number of nitrogens with one attached hydrogen (secondary N) is 1. The van der Waals surface area contributed by atoms with Crippen molar-refractivity contribution in [1.29, 1.82) is 0 Å². The van der Waals surface area contributed by atoms with Gasteiger partial charge in [-0.1, -0.05) is 35.2 Å². The fraction of sp³-hybridized carbons (Fsp3) is 0.400. The van der Waals surface area contributed by atoms with E-state index in [1.54, 1.807) is 18.3 Å². The minimum atomic E-state index is -0.272. The summed E-state index contributed by atoms with van der Waals surface area (Å²) in [5.74, 6) is 0.445. The average molecular weight is 338 g/mol. The summed E-state index contributed by atoms with van der Waals surface area (Å²) in [5, 5.41) is 3.11. The molecular formula is C15H17BrFN3. The lowest BCUT2D eigenvalue weighted by atomic mass is 9.95. The van der Waals surface area contributed by atoms with Gasteiger partial charge in [0.1, 0.15) is 5.82 Å². The van der Waals surface area contributed by atoms with Gasteiger partial charge in [-0.2, -0.15) is 0 Å². The molecule has 0 bridgehead atoms. The van der Waals surface area contributed by atoms with Crippen LogP contribution in [-0.2, 0) is 0 Å². The zero-order valence-corrected chi connectivity index (χ0v) is 12.7. The molecule has 1 aliphatic carbocycles. The smallest absolute Gasteiger partial charge is 0.207 e. The Morgan fingerprint density at radius 1 is 1.25 bits per heavy atom. The van der Waals surface area contributed by atoms with Crippen LogP contribution in [0.15, 0.2) is 35.1 Å². The third-order valence-corrected chi connectivity index (χ3v) is 4.30. The minimum Gasteiger partial charge on any atom is -0.323 e. The van der Waals surface area contributed by atoms with Gasteiger partial charge < -0.3 is 9.88 Å². The summed E-state index contributed by atoms with van der Waals surface area (Å²) in [6, 6.07) is 5.34. The molecule has 5 heteroatoms.